The predicted octanol–water partition coefficient (Wildman–Crippen LogP) is 3.06. The van der Waals surface area contributed by atoms with Crippen molar-refractivity contribution in [3.8, 4) is 0 Å². The van der Waals surface area contributed by atoms with E-state index in [-0.39, 0.29) is 0 Å². The van der Waals surface area contributed by atoms with Crippen LogP contribution >= 0.6 is 21.6 Å². The Balaban J connectivity index is 2.80. The van der Waals surface area contributed by atoms with Crippen molar-refractivity contribution in [2.24, 2.45) is 5.92 Å². The van der Waals surface area contributed by atoms with Crippen LogP contribution in [0.4, 0.5) is 0 Å². The first-order chi connectivity index (χ1) is 5.27. The molecule has 0 spiro atoms. The fourth-order valence-electron chi connectivity index (χ4n) is 0.519. The van der Waals surface area contributed by atoms with Gasteiger partial charge in [0.05, 0.1) is 6.61 Å². The van der Waals surface area contributed by atoms with Gasteiger partial charge in [-0.25, -0.2) is 0 Å². The lowest BCUT2D eigenvalue weighted by Gasteiger charge is -2.02. The first kappa shape index (κ1) is 11.7. The third kappa shape index (κ3) is 10.7. The van der Waals surface area contributed by atoms with Gasteiger partial charge in [0.1, 0.15) is 0 Å². The molecule has 0 N–H and O–H groups in total. The van der Waals surface area contributed by atoms with Crippen molar-refractivity contribution >= 4 is 21.6 Å². The smallest absolute Gasteiger partial charge is 0.0561 e. The molecule has 0 aliphatic heterocycles. The molecule has 0 amide bonds. The van der Waals surface area contributed by atoms with Gasteiger partial charge in [-0.05, 0) is 12.3 Å². The van der Waals surface area contributed by atoms with Gasteiger partial charge in [-0.15, -0.1) is 0 Å². The summed E-state index contributed by atoms with van der Waals surface area (Å²) in [5.74, 6) is 3.22. The van der Waals surface area contributed by atoms with Crippen molar-refractivity contribution in [2.45, 2.75) is 20.3 Å². The molecule has 1 nitrogen and oxygen atoms in total. The molecule has 11 heavy (non-hydrogen) atoms. The summed E-state index contributed by atoms with van der Waals surface area (Å²) < 4.78 is 4.94. The minimum Gasteiger partial charge on any atom is -0.384 e. The summed E-state index contributed by atoms with van der Waals surface area (Å²) in [6.45, 7) is 5.40. The molecule has 0 aromatic heterocycles. The fraction of sp³-hybridized carbons (Fsp3) is 1.00. The molecule has 0 atom stereocenters. The Labute approximate surface area is 78.1 Å². The Morgan fingerprint density at radius 2 is 1.82 bits per heavy atom. The van der Waals surface area contributed by atoms with E-state index in [1.54, 1.807) is 7.11 Å². The van der Waals surface area contributed by atoms with Gasteiger partial charge in [0, 0.05) is 18.6 Å². The van der Waals surface area contributed by atoms with Crippen molar-refractivity contribution in [3.63, 3.8) is 0 Å². The number of hydrogen-bond donors (Lipinski definition) is 0. The van der Waals surface area contributed by atoms with Crippen LogP contribution in [-0.4, -0.2) is 25.2 Å². The summed E-state index contributed by atoms with van der Waals surface area (Å²) in [5.41, 5.74) is 0. The van der Waals surface area contributed by atoms with E-state index in [4.69, 9.17) is 4.74 Å². The zero-order chi connectivity index (χ0) is 8.53. The van der Waals surface area contributed by atoms with Crippen LogP contribution in [0.25, 0.3) is 0 Å². The second kappa shape index (κ2) is 8.75. The summed E-state index contributed by atoms with van der Waals surface area (Å²) >= 11 is 0. The highest BCUT2D eigenvalue weighted by atomic mass is 33.1. The van der Waals surface area contributed by atoms with Crippen LogP contribution in [0.15, 0.2) is 0 Å². The summed E-state index contributed by atoms with van der Waals surface area (Å²) in [4.78, 5) is 0. The van der Waals surface area contributed by atoms with Crippen molar-refractivity contribution in [2.75, 3.05) is 25.2 Å². The predicted molar refractivity (Wildman–Crippen MR) is 56.2 cm³/mol. The van der Waals surface area contributed by atoms with Crippen molar-refractivity contribution < 1.29 is 4.74 Å². The number of hydrogen-bond acceptors (Lipinski definition) is 3. The maximum Gasteiger partial charge on any atom is 0.0561 e. The van der Waals surface area contributed by atoms with Crippen LogP contribution in [0, 0.1) is 5.92 Å². The topological polar surface area (TPSA) is 9.23 Å². The van der Waals surface area contributed by atoms with Crippen LogP contribution < -0.4 is 0 Å². The fourth-order valence-corrected chi connectivity index (χ4v) is 2.76. The Kier molecular flexibility index (Phi) is 9.28. The van der Waals surface area contributed by atoms with Crippen molar-refractivity contribution in [1.82, 2.24) is 0 Å². The second-order valence-electron chi connectivity index (χ2n) is 2.82. The molecule has 0 aliphatic carbocycles. The molecule has 0 aromatic rings. The average molecular weight is 194 g/mol. The lowest BCUT2D eigenvalue weighted by Crippen LogP contribution is -1.91. The first-order valence-electron chi connectivity index (χ1n) is 4.00. The third-order valence-electron chi connectivity index (χ3n) is 1.23. The third-order valence-corrected chi connectivity index (χ3v) is 3.64. The van der Waals surface area contributed by atoms with Crippen LogP contribution in [0.2, 0.25) is 0 Å². The Bertz CT molecular complexity index is 76.5. The zero-order valence-electron chi connectivity index (χ0n) is 7.63. The molecule has 0 bridgehead atoms. The number of rotatable bonds is 7. The summed E-state index contributed by atoms with van der Waals surface area (Å²) in [7, 11) is 5.62. The van der Waals surface area contributed by atoms with Gasteiger partial charge in [-0.3, -0.25) is 0 Å². The quantitative estimate of drug-likeness (QED) is 0.455. The van der Waals surface area contributed by atoms with E-state index < -0.39 is 0 Å². The molecule has 0 heterocycles. The standard InChI is InChI=1S/C8H18OS2/c1-8(2)4-6-10-11-7-5-9-3/h8H,4-7H2,1-3H3. The van der Waals surface area contributed by atoms with Crippen LogP contribution in [0.1, 0.15) is 20.3 Å². The highest BCUT2D eigenvalue weighted by Gasteiger charge is 1.94. The highest BCUT2D eigenvalue weighted by Crippen LogP contribution is 2.22. The second-order valence-corrected chi connectivity index (χ2v) is 5.52. The van der Waals surface area contributed by atoms with Gasteiger partial charge in [0.25, 0.3) is 0 Å². The molecule has 0 aliphatic rings. The normalized spacial score (nSPS) is 10.9. The largest absolute Gasteiger partial charge is 0.384 e. The lowest BCUT2D eigenvalue weighted by molar-refractivity contribution is 0.219. The Hall–Kier alpha value is 0.660. The Morgan fingerprint density at radius 3 is 2.36 bits per heavy atom. The van der Waals surface area contributed by atoms with E-state index in [1.165, 1.54) is 12.2 Å². The van der Waals surface area contributed by atoms with E-state index in [9.17, 15) is 0 Å². The molecule has 0 saturated carbocycles. The van der Waals surface area contributed by atoms with Crippen molar-refractivity contribution in [3.05, 3.63) is 0 Å². The molecule has 3 heteroatoms. The van der Waals surface area contributed by atoms with Gasteiger partial charge >= 0.3 is 0 Å². The molecule has 0 fully saturated rings. The van der Waals surface area contributed by atoms with E-state index in [2.05, 4.69) is 13.8 Å². The van der Waals surface area contributed by atoms with Gasteiger partial charge in [0.2, 0.25) is 0 Å². The van der Waals surface area contributed by atoms with E-state index in [0.29, 0.717) is 0 Å². The van der Waals surface area contributed by atoms with E-state index in [0.717, 1.165) is 18.3 Å². The van der Waals surface area contributed by atoms with E-state index >= 15 is 0 Å². The molecule has 68 valence electrons. The molecule has 0 rings (SSSR count). The molecule has 0 aromatic carbocycles. The molecule has 0 unspecified atom stereocenters. The number of methoxy groups -OCH3 is 1. The zero-order valence-corrected chi connectivity index (χ0v) is 9.26. The first-order valence-corrected chi connectivity index (χ1v) is 6.49. The average Bonchev–Trinajstić information content (AvgIpc) is 1.96. The minimum absolute atomic E-state index is 0.838. The Morgan fingerprint density at radius 1 is 1.18 bits per heavy atom. The minimum atomic E-state index is 0.838. The summed E-state index contributed by atoms with van der Waals surface area (Å²) in [6.07, 6.45) is 1.32. The van der Waals surface area contributed by atoms with Gasteiger partial charge in [0.15, 0.2) is 0 Å². The molecule has 0 saturated heterocycles. The maximum atomic E-state index is 4.94. The van der Waals surface area contributed by atoms with Crippen molar-refractivity contribution in [1.29, 1.82) is 0 Å². The van der Waals surface area contributed by atoms with Crippen LogP contribution in [0.5, 0.6) is 0 Å². The maximum absolute atomic E-state index is 4.94. The van der Waals surface area contributed by atoms with Gasteiger partial charge < -0.3 is 4.74 Å². The van der Waals surface area contributed by atoms with Gasteiger partial charge in [-0.1, -0.05) is 35.4 Å². The van der Waals surface area contributed by atoms with E-state index in [1.807, 2.05) is 21.6 Å². The van der Waals surface area contributed by atoms with Gasteiger partial charge in [-0.2, -0.15) is 0 Å². The van der Waals surface area contributed by atoms with Crippen LogP contribution in [-0.2, 0) is 4.74 Å². The lowest BCUT2D eigenvalue weighted by atomic mass is 10.2. The molecular formula is C8H18OS2. The SMILES string of the molecule is COCCSSCCC(C)C. The number of ether oxygens (including phenoxy) is 1. The molecular weight excluding hydrogens is 176 g/mol. The summed E-state index contributed by atoms with van der Waals surface area (Å²) in [6, 6.07) is 0. The summed E-state index contributed by atoms with van der Waals surface area (Å²) in [5, 5.41) is 0. The highest BCUT2D eigenvalue weighted by molar-refractivity contribution is 8.76. The monoisotopic (exact) mass is 194 g/mol. The van der Waals surface area contributed by atoms with Crippen LogP contribution in [0.3, 0.4) is 0 Å². The molecule has 0 radical (unpaired) electrons.